The number of halogens is 1. The molecule has 2 heteroatoms. The van der Waals surface area contributed by atoms with E-state index < -0.39 is 6.10 Å². The molecule has 0 amide bonds. The van der Waals surface area contributed by atoms with Crippen LogP contribution < -0.4 is 0 Å². The smallest absolute Gasteiger partial charge is 0.0721 e. The summed E-state index contributed by atoms with van der Waals surface area (Å²) in [5.41, 5.74) is 1.19. The first-order chi connectivity index (χ1) is 6.22. The van der Waals surface area contributed by atoms with Crippen molar-refractivity contribution in [2.24, 2.45) is 0 Å². The molecule has 1 N–H and O–H groups in total. The Morgan fingerprint density at radius 2 is 2.00 bits per heavy atom. The zero-order valence-electron chi connectivity index (χ0n) is 7.41. The summed E-state index contributed by atoms with van der Waals surface area (Å²) >= 11 is 5.74. The van der Waals surface area contributed by atoms with Gasteiger partial charge in [0.15, 0.2) is 0 Å². The average Bonchev–Trinajstić information content (AvgIpc) is 2.16. The lowest BCUT2D eigenvalue weighted by atomic mass is 10.1. The van der Waals surface area contributed by atoms with Gasteiger partial charge in [0, 0.05) is 5.02 Å². The van der Waals surface area contributed by atoms with E-state index in [1.807, 2.05) is 24.3 Å². The normalized spacial score (nSPS) is 12.5. The molecular weight excluding hydrogens is 184 g/mol. The Labute approximate surface area is 83.7 Å². The molecule has 1 unspecified atom stereocenters. The highest BCUT2D eigenvalue weighted by molar-refractivity contribution is 6.30. The molecule has 1 nitrogen and oxygen atoms in total. The van der Waals surface area contributed by atoms with E-state index in [1.165, 1.54) is 5.56 Å². The van der Waals surface area contributed by atoms with Crippen molar-refractivity contribution < 1.29 is 5.11 Å². The van der Waals surface area contributed by atoms with Crippen LogP contribution in [-0.2, 0) is 6.42 Å². The first-order valence-corrected chi connectivity index (χ1v) is 4.65. The third-order valence-electron chi connectivity index (χ3n) is 1.91. The molecule has 13 heavy (non-hydrogen) atoms. The van der Waals surface area contributed by atoms with Crippen molar-refractivity contribution in [3.63, 3.8) is 0 Å². The lowest BCUT2D eigenvalue weighted by molar-refractivity contribution is 0.213. The quantitative estimate of drug-likeness (QED) is 0.735. The highest BCUT2D eigenvalue weighted by atomic mass is 35.5. The van der Waals surface area contributed by atoms with Gasteiger partial charge in [0.2, 0.25) is 0 Å². The molecule has 0 heterocycles. The lowest BCUT2D eigenvalue weighted by Crippen LogP contribution is -2.02. The molecule has 70 valence electrons. The summed E-state index contributed by atoms with van der Waals surface area (Å²) in [6.07, 6.45) is 2.71. The van der Waals surface area contributed by atoms with Gasteiger partial charge in [-0.3, -0.25) is 0 Å². The maximum absolute atomic E-state index is 9.23. The van der Waals surface area contributed by atoms with Gasteiger partial charge in [-0.2, -0.15) is 0 Å². The van der Waals surface area contributed by atoms with Gasteiger partial charge in [0.05, 0.1) is 6.10 Å². The number of rotatable bonds is 4. The highest BCUT2D eigenvalue weighted by Crippen LogP contribution is 2.11. The van der Waals surface area contributed by atoms with E-state index in [0.29, 0.717) is 6.42 Å². The minimum absolute atomic E-state index is 0.407. The van der Waals surface area contributed by atoms with Crippen molar-refractivity contribution in [2.45, 2.75) is 18.9 Å². The minimum Gasteiger partial charge on any atom is -0.389 e. The summed E-state index contributed by atoms with van der Waals surface area (Å²) in [7, 11) is 0. The number of benzene rings is 1. The van der Waals surface area contributed by atoms with Crippen molar-refractivity contribution in [3.05, 3.63) is 47.5 Å². The Balaban J connectivity index is 2.45. The summed E-state index contributed by atoms with van der Waals surface area (Å²) in [6, 6.07) is 7.66. The molecule has 1 atom stereocenters. The topological polar surface area (TPSA) is 20.2 Å². The van der Waals surface area contributed by atoms with Crippen LogP contribution >= 0.6 is 11.6 Å². The summed E-state index contributed by atoms with van der Waals surface area (Å²) < 4.78 is 0. The molecule has 0 aliphatic heterocycles. The van der Waals surface area contributed by atoms with Crippen LogP contribution in [0.25, 0.3) is 0 Å². The molecule has 1 rings (SSSR count). The molecule has 0 bridgehead atoms. The van der Waals surface area contributed by atoms with Gasteiger partial charge in [0.1, 0.15) is 0 Å². The summed E-state index contributed by atoms with van der Waals surface area (Å²) in [5.74, 6) is 0. The first kappa shape index (κ1) is 10.3. The zero-order chi connectivity index (χ0) is 9.68. The SMILES string of the molecule is C=CC(O)CCc1ccc(Cl)cc1. The van der Waals surface area contributed by atoms with Crippen LogP contribution in [0.5, 0.6) is 0 Å². The molecule has 0 fully saturated rings. The van der Waals surface area contributed by atoms with Crippen LogP contribution in [0.2, 0.25) is 5.02 Å². The predicted octanol–water partition coefficient (Wildman–Crippen LogP) is 2.82. The minimum atomic E-state index is -0.407. The summed E-state index contributed by atoms with van der Waals surface area (Å²) in [5, 5.41) is 9.97. The number of hydrogen-bond donors (Lipinski definition) is 1. The largest absolute Gasteiger partial charge is 0.389 e. The Kier molecular flexibility index (Phi) is 4.00. The van der Waals surface area contributed by atoms with Crippen LogP contribution in [0.3, 0.4) is 0 Å². The molecular formula is C11H13ClO. The van der Waals surface area contributed by atoms with Crippen LogP contribution in [-0.4, -0.2) is 11.2 Å². The second-order valence-electron chi connectivity index (χ2n) is 2.97. The summed E-state index contributed by atoms with van der Waals surface area (Å²) in [4.78, 5) is 0. The van der Waals surface area contributed by atoms with E-state index in [0.717, 1.165) is 11.4 Å². The fourth-order valence-electron chi connectivity index (χ4n) is 1.08. The molecule has 0 saturated heterocycles. The molecule has 1 aromatic carbocycles. The van der Waals surface area contributed by atoms with Gasteiger partial charge in [-0.1, -0.05) is 29.8 Å². The van der Waals surface area contributed by atoms with Crippen molar-refractivity contribution in [2.75, 3.05) is 0 Å². The van der Waals surface area contributed by atoms with Crippen molar-refractivity contribution >= 4 is 11.6 Å². The van der Waals surface area contributed by atoms with Crippen molar-refractivity contribution in [1.29, 1.82) is 0 Å². The van der Waals surface area contributed by atoms with Crippen molar-refractivity contribution in [1.82, 2.24) is 0 Å². The van der Waals surface area contributed by atoms with Crippen LogP contribution in [0.4, 0.5) is 0 Å². The fourth-order valence-corrected chi connectivity index (χ4v) is 1.21. The van der Waals surface area contributed by atoms with Gasteiger partial charge < -0.3 is 5.11 Å². The molecule has 0 aliphatic carbocycles. The summed E-state index contributed by atoms with van der Waals surface area (Å²) in [6.45, 7) is 3.52. The molecule has 1 aromatic rings. The van der Waals surface area contributed by atoms with Gasteiger partial charge in [-0.15, -0.1) is 6.58 Å². The lowest BCUT2D eigenvalue weighted by Gasteiger charge is -2.04. The molecule has 0 spiro atoms. The van der Waals surface area contributed by atoms with Gasteiger partial charge in [0.25, 0.3) is 0 Å². The molecule has 0 aliphatic rings. The Hall–Kier alpha value is -0.790. The standard InChI is InChI=1S/C11H13ClO/c1-2-11(13)8-5-9-3-6-10(12)7-4-9/h2-4,6-7,11,13H,1,5,8H2. The second-order valence-corrected chi connectivity index (χ2v) is 3.40. The first-order valence-electron chi connectivity index (χ1n) is 4.27. The Bertz CT molecular complexity index is 266. The molecule has 0 aromatic heterocycles. The number of aliphatic hydroxyl groups excluding tert-OH is 1. The van der Waals surface area contributed by atoms with E-state index in [2.05, 4.69) is 6.58 Å². The van der Waals surface area contributed by atoms with Crippen LogP contribution in [0.1, 0.15) is 12.0 Å². The zero-order valence-corrected chi connectivity index (χ0v) is 8.17. The number of aliphatic hydroxyl groups is 1. The number of hydrogen-bond acceptors (Lipinski definition) is 1. The van der Waals surface area contributed by atoms with Gasteiger partial charge >= 0.3 is 0 Å². The third-order valence-corrected chi connectivity index (χ3v) is 2.17. The third kappa shape index (κ3) is 3.62. The fraction of sp³-hybridized carbons (Fsp3) is 0.273. The van der Waals surface area contributed by atoms with E-state index in [-0.39, 0.29) is 0 Å². The maximum Gasteiger partial charge on any atom is 0.0721 e. The second kappa shape index (κ2) is 5.05. The van der Waals surface area contributed by atoms with E-state index in [4.69, 9.17) is 11.6 Å². The Morgan fingerprint density at radius 3 is 2.54 bits per heavy atom. The Morgan fingerprint density at radius 1 is 1.38 bits per heavy atom. The van der Waals surface area contributed by atoms with E-state index >= 15 is 0 Å². The van der Waals surface area contributed by atoms with Gasteiger partial charge in [-0.25, -0.2) is 0 Å². The number of aryl methyl sites for hydroxylation is 1. The molecule has 0 saturated carbocycles. The van der Waals surface area contributed by atoms with E-state index in [1.54, 1.807) is 6.08 Å². The van der Waals surface area contributed by atoms with Crippen LogP contribution in [0, 0.1) is 0 Å². The van der Waals surface area contributed by atoms with Gasteiger partial charge in [-0.05, 0) is 30.5 Å². The monoisotopic (exact) mass is 196 g/mol. The maximum atomic E-state index is 9.23. The van der Waals surface area contributed by atoms with E-state index in [9.17, 15) is 5.11 Å². The van der Waals surface area contributed by atoms with Crippen LogP contribution in [0.15, 0.2) is 36.9 Å². The van der Waals surface area contributed by atoms with Crippen molar-refractivity contribution in [3.8, 4) is 0 Å². The average molecular weight is 197 g/mol. The molecule has 0 radical (unpaired) electrons. The highest BCUT2D eigenvalue weighted by Gasteiger charge is 1.98. The predicted molar refractivity (Wildman–Crippen MR) is 56.0 cm³/mol.